The average molecular weight is 296 g/mol. The highest BCUT2D eigenvalue weighted by molar-refractivity contribution is 5.76. The first-order valence-electron chi connectivity index (χ1n) is 8.73. The summed E-state index contributed by atoms with van der Waals surface area (Å²) in [6, 6.07) is 5.29. The molecule has 3 atom stereocenters. The number of hydrogen-bond acceptors (Lipinski definition) is 3. The molecule has 4 nitrogen and oxygen atoms in total. The molecule has 1 saturated carbocycles. The van der Waals surface area contributed by atoms with Crippen molar-refractivity contribution in [3.63, 3.8) is 0 Å². The molecule has 2 aromatic rings. The van der Waals surface area contributed by atoms with Gasteiger partial charge in [-0.15, -0.1) is 0 Å². The van der Waals surface area contributed by atoms with Crippen molar-refractivity contribution in [3.8, 4) is 0 Å². The zero-order chi connectivity index (χ0) is 14.9. The Morgan fingerprint density at radius 1 is 1.27 bits per heavy atom. The molecule has 2 aliphatic carbocycles. The molecule has 1 aliphatic heterocycles. The van der Waals surface area contributed by atoms with Crippen molar-refractivity contribution < 1.29 is 0 Å². The smallest absolute Gasteiger partial charge is 0.113 e. The number of nitrogens with zero attached hydrogens (tertiary/aromatic N) is 3. The number of aromatic amines is 1. The molecular weight excluding hydrogens is 272 g/mol. The number of H-pyrrole nitrogens is 1. The van der Waals surface area contributed by atoms with E-state index >= 15 is 0 Å². The van der Waals surface area contributed by atoms with Crippen LogP contribution in [0.3, 0.4) is 0 Å². The van der Waals surface area contributed by atoms with Crippen LogP contribution in [0.4, 0.5) is 0 Å². The fourth-order valence-corrected chi connectivity index (χ4v) is 4.91. The van der Waals surface area contributed by atoms with Crippen LogP contribution in [0.2, 0.25) is 0 Å². The molecule has 2 heterocycles. The van der Waals surface area contributed by atoms with Crippen LogP contribution < -0.4 is 0 Å². The molecule has 0 radical (unpaired) electrons. The quantitative estimate of drug-likeness (QED) is 0.927. The van der Waals surface area contributed by atoms with Crippen molar-refractivity contribution >= 4 is 11.0 Å². The van der Waals surface area contributed by atoms with Gasteiger partial charge in [0.05, 0.1) is 0 Å². The summed E-state index contributed by atoms with van der Waals surface area (Å²) < 4.78 is 0. The van der Waals surface area contributed by atoms with Gasteiger partial charge in [0.1, 0.15) is 11.0 Å². The van der Waals surface area contributed by atoms with Crippen LogP contribution in [0.25, 0.3) is 11.0 Å². The standard InChI is InChI=1S/C18H24N4/c1-11-17-8-13-7-15-16(20-21-19-15)9-14(13)18(11,2)5-6-22(17)10-12-3-4-12/h7,9,11-12,17H,3-6,8,10H2,1-2H3,(H,19,20,21)/t11-,17+,18+/m0/s1. The molecule has 1 N–H and O–H groups in total. The highest BCUT2D eigenvalue weighted by Crippen LogP contribution is 2.49. The lowest BCUT2D eigenvalue weighted by Crippen LogP contribution is -2.58. The van der Waals surface area contributed by atoms with E-state index in [1.165, 1.54) is 49.9 Å². The van der Waals surface area contributed by atoms with E-state index in [9.17, 15) is 0 Å². The topological polar surface area (TPSA) is 44.8 Å². The maximum atomic E-state index is 4.30. The Labute approximate surface area is 131 Å². The summed E-state index contributed by atoms with van der Waals surface area (Å²) in [7, 11) is 0. The third kappa shape index (κ3) is 1.73. The first-order chi connectivity index (χ1) is 10.6. The third-order valence-corrected chi connectivity index (χ3v) is 6.74. The highest BCUT2D eigenvalue weighted by atomic mass is 15.3. The monoisotopic (exact) mass is 296 g/mol. The molecule has 1 aromatic heterocycles. The molecule has 2 fully saturated rings. The fourth-order valence-electron chi connectivity index (χ4n) is 4.91. The van der Waals surface area contributed by atoms with Crippen LogP contribution >= 0.6 is 0 Å². The Bertz CT molecular complexity index is 732. The van der Waals surface area contributed by atoms with Crippen LogP contribution in [-0.2, 0) is 11.8 Å². The number of benzene rings is 1. The molecule has 2 bridgehead atoms. The van der Waals surface area contributed by atoms with Crippen molar-refractivity contribution in [3.05, 3.63) is 23.3 Å². The van der Waals surface area contributed by atoms with Crippen LogP contribution in [0.1, 0.15) is 44.2 Å². The minimum Gasteiger partial charge on any atom is -0.299 e. The Morgan fingerprint density at radius 2 is 2.05 bits per heavy atom. The Balaban J connectivity index is 1.60. The zero-order valence-electron chi connectivity index (χ0n) is 13.5. The van der Waals surface area contributed by atoms with Gasteiger partial charge in [-0.3, -0.25) is 4.90 Å². The average Bonchev–Trinajstić information content (AvgIpc) is 3.20. The van der Waals surface area contributed by atoms with E-state index < -0.39 is 0 Å². The predicted molar refractivity (Wildman–Crippen MR) is 86.8 cm³/mol. The van der Waals surface area contributed by atoms with Crippen LogP contribution in [0.15, 0.2) is 12.1 Å². The summed E-state index contributed by atoms with van der Waals surface area (Å²) in [5.41, 5.74) is 5.37. The molecule has 3 aliphatic rings. The molecular formula is C18H24N4. The molecule has 1 aromatic carbocycles. The van der Waals surface area contributed by atoms with Gasteiger partial charge in [-0.25, -0.2) is 0 Å². The van der Waals surface area contributed by atoms with Gasteiger partial charge in [0.15, 0.2) is 0 Å². The number of rotatable bonds is 2. The van der Waals surface area contributed by atoms with E-state index in [1.54, 1.807) is 0 Å². The van der Waals surface area contributed by atoms with Crippen molar-refractivity contribution in [2.45, 2.75) is 51.0 Å². The molecule has 0 spiro atoms. The first-order valence-corrected chi connectivity index (χ1v) is 8.73. The van der Waals surface area contributed by atoms with E-state index in [2.05, 4.69) is 46.3 Å². The Morgan fingerprint density at radius 3 is 2.82 bits per heavy atom. The molecule has 5 rings (SSSR count). The summed E-state index contributed by atoms with van der Waals surface area (Å²) in [4.78, 5) is 2.79. The normalized spacial score (nSPS) is 34.8. The van der Waals surface area contributed by atoms with Gasteiger partial charge < -0.3 is 0 Å². The minimum absolute atomic E-state index is 0.297. The lowest BCUT2D eigenvalue weighted by atomic mass is 9.59. The molecule has 0 amide bonds. The molecule has 4 heteroatoms. The lowest BCUT2D eigenvalue weighted by Gasteiger charge is -2.54. The summed E-state index contributed by atoms with van der Waals surface area (Å²) in [6.45, 7) is 7.54. The zero-order valence-corrected chi connectivity index (χ0v) is 13.5. The summed E-state index contributed by atoms with van der Waals surface area (Å²) in [5, 5.41) is 11.4. The van der Waals surface area contributed by atoms with E-state index in [1.807, 2.05) is 0 Å². The van der Waals surface area contributed by atoms with Gasteiger partial charge in [-0.2, -0.15) is 15.4 Å². The van der Waals surface area contributed by atoms with Gasteiger partial charge in [-0.1, -0.05) is 13.8 Å². The Hall–Kier alpha value is -1.42. The van der Waals surface area contributed by atoms with Gasteiger partial charge >= 0.3 is 0 Å². The van der Waals surface area contributed by atoms with E-state index in [-0.39, 0.29) is 0 Å². The highest BCUT2D eigenvalue weighted by Gasteiger charge is 2.49. The van der Waals surface area contributed by atoms with E-state index in [4.69, 9.17) is 0 Å². The number of likely N-dealkylation sites (tertiary alicyclic amines) is 1. The number of aromatic nitrogens is 3. The second kappa shape index (κ2) is 4.31. The van der Waals surface area contributed by atoms with Crippen molar-refractivity contribution in [1.29, 1.82) is 0 Å². The minimum atomic E-state index is 0.297. The molecule has 1 saturated heterocycles. The SMILES string of the molecule is C[C@H]1[C@H]2Cc3cc4n[nH]nc4cc3[C@]1(C)CCN2CC1CC1. The largest absolute Gasteiger partial charge is 0.299 e. The van der Waals surface area contributed by atoms with Crippen LogP contribution in [0.5, 0.6) is 0 Å². The number of fused-ring (bicyclic) bond motifs is 5. The van der Waals surface area contributed by atoms with Gasteiger partial charge in [0.2, 0.25) is 0 Å². The molecule has 0 unspecified atom stereocenters. The number of nitrogens with one attached hydrogen (secondary N) is 1. The fraction of sp³-hybridized carbons (Fsp3) is 0.667. The first kappa shape index (κ1) is 13.1. The van der Waals surface area contributed by atoms with E-state index in [0.717, 1.165) is 22.9 Å². The third-order valence-electron chi connectivity index (χ3n) is 6.74. The van der Waals surface area contributed by atoms with Gasteiger partial charge in [-0.05, 0) is 72.7 Å². The summed E-state index contributed by atoms with van der Waals surface area (Å²) in [5.74, 6) is 1.70. The lowest BCUT2D eigenvalue weighted by molar-refractivity contribution is 0.0285. The van der Waals surface area contributed by atoms with E-state index in [0.29, 0.717) is 11.5 Å². The van der Waals surface area contributed by atoms with Crippen molar-refractivity contribution in [2.24, 2.45) is 11.8 Å². The van der Waals surface area contributed by atoms with Crippen LogP contribution in [0, 0.1) is 11.8 Å². The molecule has 116 valence electrons. The number of piperidine rings is 1. The maximum absolute atomic E-state index is 4.30. The van der Waals surface area contributed by atoms with Gasteiger partial charge in [0.25, 0.3) is 0 Å². The van der Waals surface area contributed by atoms with Gasteiger partial charge in [0, 0.05) is 12.6 Å². The second-order valence-corrected chi connectivity index (χ2v) is 7.99. The second-order valence-electron chi connectivity index (χ2n) is 7.99. The summed E-state index contributed by atoms with van der Waals surface area (Å²) in [6.07, 6.45) is 5.35. The predicted octanol–water partition coefficient (Wildman–Crippen LogP) is 2.89. The summed E-state index contributed by atoms with van der Waals surface area (Å²) >= 11 is 0. The van der Waals surface area contributed by atoms with Crippen molar-refractivity contribution in [2.75, 3.05) is 13.1 Å². The molecule has 22 heavy (non-hydrogen) atoms. The Kier molecular flexibility index (Phi) is 2.56. The number of hydrogen-bond donors (Lipinski definition) is 1. The maximum Gasteiger partial charge on any atom is 0.113 e. The van der Waals surface area contributed by atoms with Crippen molar-refractivity contribution in [1.82, 2.24) is 20.3 Å². The van der Waals surface area contributed by atoms with Crippen LogP contribution in [-0.4, -0.2) is 39.4 Å².